The summed E-state index contributed by atoms with van der Waals surface area (Å²) in [5.74, 6) is 1.40. The molecule has 1 aliphatic heterocycles. The van der Waals surface area contributed by atoms with Gasteiger partial charge in [0.15, 0.2) is 11.5 Å². The van der Waals surface area contributed by atoms with Crippen LogP contribution in [0.3, 0.4) is 0 Å². The van der Waals surface area contributed by atoms with Crippen molar-refractivity contribution in [3.05, 3.63) is 81.0 Å². The molecule has 2 aromatic carbocycles. The number of fused-ring (bicyclic) bond motifs is 1. The van der Waals surface area contributed by atoms with Crippen LogP contribution in [0, 0.1) is 5.92 Å². The van der Waals surface area contributed by atoms with E-state index >= 15 is 0 Å². The molecule has 1 atom stereocenters. The Morgan fingerprint density at radius 3 is 2.65 bits per heavy atom. The summed E-state index contributed by atoms with van der Waals surface area (Å²) in [5, 5.41) is 2.56. The summed E-state index contributed by atoms with van der Waals surface area (Å²) in [6.45, 7) is 5.59. The van der Waals surface area contributed by atoms with Crippen molar-refractivity contribution >= 4 is 34.8 Å². The minimum absolute atomic E-state index is 0.00267. The highest BCUT2D eigenvalue weighted by molar-refractivity contribution is 7.10. The van der Waals surface area contributed by atoms with Gasteiger partial charge in [0.25, 0.3) is 5.91 Å². The predicted octanol–water partition coefficient (Wildman–Crippen LogP) is 6.10. The summed E-state index contributed by atoms with van der Waals surface area (Å²) in [5.41, 5.74) is 1.59. The van der Waals surface area contributed by atoms with Crippen LogP contribution in [0.4, 0.5) is 0 Å². The van der Waals surface area contributed by atoms with Crippen molar-refractivity contribution in [2.24, 2.45) is 5.92 Å². The molecule has 3 aromatic rings. The maximum atomic E-state index is 13.8. The number of hydrogen-bond acceptors (Lipinski definition) is 5. The van der Waals surface area contributed by atoms with E-state index in [4.69, 9.17) is 21.1 Å². The Balaban J connectivity index is 1.55. The number of rotatable bonds is 10. The molecular formula is C29H33ClN2O4S. The van der Waals surface area contributed by atoms with Gasteiger partial charge in [-0.3, -0.25) is 9.59 Å². The van der Waals surface area contributed by atoms with Crippen molar-refractivity contribution < 1.29 is 19.1 Å². The lowest BCUT2D eigenvalue weighted by Crippen LogP contribution is -2.48. The molecule has 2 amide bonds. The van der Waals surface area contributed by atoms with Gasteiger partial charge in [-0.15, -0.1) is 11.3 Å². The fraction of sp³-hybridized carbons (Fsp3) is 0.379. The maximum absolute atomic E-state index is 13.8. The van der Waals surface area contributed by atoms with Crippen LogP contribution in [0.1, 0.15) is 47.1 Å². The number of ether oxygens (including phenoxy) is 2. The highest BCUT2D eigenvalue weighted by atomic mass is 35.5. The molecular weight excluding hydrogens is 508 g/mol. The van der Waals surface area contributed by atoms with Crippen LogP contribution in [0.25, 0.3) is 0 Å². The first-order chi connectivity index (χ1) is 17.9. The second kappa shape index (κ2) is 12.5. The number of halogens is 1. The van der Waals surface area contributed by atoms with Gasteiger partial charge in [-0.1, -0.05) is 43.6 Å². The molecule has 1 aromatic heterocycles. The molecule has 0 fully saturated rings. The number of benzene rings is 2. The molecule has 0 spiro atoms. The Labute approximate surface area is 227 Å². The van der Waals surface area contributed by atoms with E-state index in [0.29, 0.717) is 47.7 Å². The second-order valence-electron chi connectivity index (χ2n) is 9.53. The molecule has 196 valence electrons. The van der Waals surface area contributed by atoms with Gasteiger partial charge in [-0.05, 0) is 66.1 Å². The number of carbonyl (C=O) groups excluding carboxylic acids is 2. The molecule has 8 heteroatoms. The van der Waals surface area contributed by atoms with Crippen LogP contribution < -0.4 is 9.47 Å². The van der Waals surface area contributed by atoms with Gasteiger partial charge in [-0.2, -0.15) is 0 Å². The van der Waals surface area contributed by atoms with Gasteiger partial charge in [0.2, 0.25) is 5.91 Å². The van der Waals surface area contributed by atoms with E-state index in [1.54, 1.807) is 47.6 Å². The summed E-state index contributed by atoms with van der Waals surface area (Å²) in [7, 11) is 1.61. The van der Waals surface area contributed by atoms with Crippen molar-refractivity contribution in [1.82, 2.24) is 9.80 Å². The highest BCUT2D eigenvalue weighted by Gasteiger charge is 2.34. The third-order valence-electron chi connectivity index (χ3n) is 6.54. The first-order valence-electron chi connectivity index (χ1n) is 12.5. The average molecular weight is 541 g/mol. The lowest BCUT2D eigenvalue weighted by atomic mass is 10.00. The first-order valence-corrected chi connectivity index (χ1v) is 13.8. The van der Waals surface area contributed by atoms with E-state index in [1.165, 1.54) is 4.88 Å². The zero-order chi connectivity index (χ0) is 26.4. The van der Waals surface area contributed by atoms with Crippen LogP contribution in [-0.2, 0) is 11.2 Å². The summed E-state index contributed by atoms with van der Waals surface area (Å²) in [6, 6.07) is 16.2. The number of carbonyl (C=O) groups is 2. The van der Waals surface area contributed by atoms with Crippen LogP contribution in [0.5, 0.6) is 11.5 Å². The number of hydrogen-bond donors (Lipinski definition) is 0. The molecule has 0 aliphatic carbocycles. The predicted molar refractivity (Wildman–Crippen MR) is 148 cm³/mol. The van der Waals surface area contributed by atoms with Crippen LogP contribution in [0.15, 0.2) is 60.0 Å². The van der Waals surface area contributed by atoms with E-state index in [-0.39, 0.29) is 24.4 Å². The van der Waals surface area contributed by atoms with E-state index in [0.717, 1.165) is 18.4 Å². The van der Waals surface area contributed by atoms with Crippen LogP contribution in [0.2, 0.25) is 5.02 Å². The minimum Gasteiger partial charge on any atom is -0.493 e. The lowest BCUT2D eigenvalue weighted by molar-refractivity contribution is -0.135. The normalized spacial score (nSPS) is 14.8. The third-order valence-corrected chi connectivity index (χ3v) is 7.77. The van der Waals surface area contributed by atoms with E-state index in [1.807, 2.05) is 29.2 Å². The molecule has 2 heterocycles. The number of thiophene rings is 1. The summed E-state index contributed by atoms with van der Waals surface area (Å²) in [6.07, 6.45) is 1.59. The molecule has 6 nitrogen and oxygen atoms in total. The van der Waals surface area contributed by atoms with Gasteiger partial charge < -0.3 is 19.3 Å². The molecule has 0 saturated carbocycles. The lowest BCUT2D eigenvalue weighted by Gasteiger charge is -2.37. The Morgan fingerprint density at radius 2 is 1.92 bits per heavy atom. The van der Waals surface area contributed by atoms with Gasteiger partial charge in [0.1, 0.15) is 13.2 Å². The standard InChI is InChI=1S/C29H33ClN2O4S/c1-20(2)11-14-31(29(34)21-7-6-8-22(30)17-21)18-28(33)32-15-12-27-23(13-16-37-27)24(32)19-36-26-10-5-4-9-25(26)35-3/h4-10,13,16-17,20,24H,11-12,14-15,18-19H2,1-3H3. The first kappa shape index (κ1) is 27.0. The topological polar surface area (TPSA) is 59.1 Å². The fourth-order valence-electron chi connectivity index (χ4n) is 4.51. The largest absolute Gasteiger partial charge is 0.493 e. The molecule has 0 saturated heterocycles. The van der Waals surface area contributed by atoms with Gasteiger partial charge >= 0.3 is 0 Å². The zero-order valence-corrected chi connectivity index (χ0v) is 23.1. The van der Waals surface area contributed by atoms with E-state index in [9.17, 15) is 9.59 Å². The number of nitrogens with zero attached hydrogens (tertiary/aromatic N) is 2. The van der Waals surface area contributed by atoms with Crippen molar-refractivity contribution in [3.63, 3.8) is 0 Å². The molecule has 4 rings (SSSR count). The Hall–Kier alpha value is -3.03. The average Bonchev–Trinajstić information content (AvgIpc) is 3.38. The highest BCUT2D eigenvalue weighted by Crippen LogP contribution is 2.35. The number of methoxy groups -OCH3 is 1. The van der Waals surface area contributed by atoms with Gasteiger partial charge in [0, 0.05) is 28.6 Å². The van der Waals surface area contributed by atoms with Crippen LogP contribution in [-0.4, -0.2) is 55.0 Å². The second-order valence-corrected chi connectivity index (χ2v) is 11.0. The van der Waals surface area contributed by atoms with E-state index in [2.05, 4.69) is 25.3 Å². The van der Waals surface area contributed by atoms with Gasteiger partial charge in [0.05, 0.1) is 13.2 Å². The van der Waals surface area contributed by atoms with Crippen molar-refractivity contribution in [3.8, 4) is 11.5 Å². The number of amides is 2. The Bertz CT molecular complexity index is 1230. The third kappa shape index (κ3) is 6.65. The maximum Gasteiger partial charge on any atom is 0.254 e. The monoisotopic (exact) mass is 540 g/mol. The molecule has 0 N–H and O–H groups in total. The molecule has 0 bridgehead atoms. The van der Waals surface area contributed by atoms with Crippen molar-refractivity contribution in [2.75, 3.05) is 33.4 Å². The van der Waals surface area contributed by atoms with Crippen molar-refractivity contribution in [2.45, 2.75) is 32.7 Å². The molecule has 1 unspecified atom stereocenters. The summed E-state index contributed by atoms with van der Waals surface area (Å²) >= 11 is 7.85. The van der Waals surface area contributed by atoms with Crippen molar-refractivity contribution in [1.29, 1.82) is 0 Å². The van der Waals surface area contributed by atoms with E-state index < -0.39 is 0 Å². The quantitative estimate of drug-likeness (QED) is 0.311. The smallest absolute Gasteiger partial charge is 0.254 e. The van der Waals surface area contributed by atoms with Gasteiger partial charge in [-0.25, -0.2) is 0 Å². The van der Waals surface area contributed by atoms with Crippen LogP contribution >= 0.6 is 22.9 Å². The molecule has 37 heavy (non-hydrogen) atoms. The SMILES string of the molecule is COc1ccccc1OCC1c2ccsc2CCN1C(=O)CN(CCC(C)C)C(=O)c1cccc(Cl)c1. The number of para-hydroxylation sites is 2. The Kier molecular flexibility index (Phi) is 9.11. The Morgan fingerprint density at radius 1 is 1.14 bits per heavy atom. The fourth-order valence-corrected chi connectivity index (χ4v) is 5.62. The zero-order valence-electron chi connectivity index (χ0n) is 21.5. The molecule has 1 aliphatic rings. The summed E-state index contributed by atoms with van der Waals surface area (Å²) < 4.78 is 11.6. The summed E-state index contributed by atoms with van der Waals surface area (Å²) in [4.78, 5) is 31.9. The molecule has 0 radical (unpaired) electrons. The minimum atomic E-state index is -0.249.